The summed E-state index contributed by atoms with van der Waals surface area (Å²) in [5, 5.41) is 9.42. The van der Waals surface area contributed by atoms with Crippen LogP contribution in [0.1, 0.15) is 18.9 Å². The van der Waals surface area contributed by atoms with Crippen molar-refractivity contribution in [1.82, 2.24) is 9.80 Å². The standard InChI is InChI=1S/C25H28N2O6/c1-24-10-6-15-32-23(31)19(24)18-21(29)27(13-7-14-28)20-22(30)26(12-5-11-25(18,20)33-24)16-17-8-3-2-4-9-17/h2-6,8-11,18-20,28H,7,12-16H2,1H3/t18-,19+,20?,24-,25-/m0/s1. The Morgan fingerprint density at radius 3 is 2.61 bits per heavy atom. The smallest absolute Gasteiger partial charge is 0.313 e. The van der Waals surface area contributed by atoms with Crippen LogP contribution >= 0.6 is 0 Å². The number of benzene rings is 1. The zero-order valence-electron chi connectivity index (χ0n) is 18.6. The highest BCUT2D eigenvalue weighted by Gasteiger charge is 2.74. The lowest BCUT2D eigenvalue weighted by Gasteiger charge is -2.37. The van der Waals surface area contributed by atoms with Gasteiger partial charge in [0.2, 0.25) is 11.8 Å². The van der Waals surface area contributed by atoms with Crippen LogP contribution in [0, 0.1) is 11.8 Å². The number of fused-ring (bicyclic) bond motifs is 2. The highest BCUT2D eigenvalue weighted by Crippen LogP contribution is 2.57. The van der Waals surface area contributed by atoms with E-state index in [0.29, 0.717) is 19.5 Å². The lowest BCUT2D eigenvalue weighted by Crippen LogP contribution is -2.55. The highest BCUT2D eigenvalue weighted by atomic mass is 16.6. The average molecular weight is 453 g/mol. The molecule has 1 unspecified atom stereocenters. The van der Waals surface area contributed by atoms with E-state index in [9.17, 15) is 19.5 Å². The van der Waals surface area contributed by atoms with Gasteiger partial charge < -0.3 is 24.4 Å². The molecule has 1 aromatic rings. The number of hydrogen-bond acceptors (Lipinski definition) is 6. The molecule has 5 rings (SSSR count). The molecule has 0 aliphatic carbocycles. The number of nitrogens with zero attached hydrogens (tertiary/aromatic N) is 2. The summed E-state index contributed by atoms with van der Waals surface area (Å²) in [7, 11) is 0. The molecule has 4 aliphatic heterocycles. The van der Waals surface area contributed by atoms with Gasteiger partial charge >= 0.3 is 5.97 Å². The van der Waals surface area contributed by atoms with E-state index >= 15 is 0 Å². The van der Waals surface area contributed by atoms with E-state index < -0.39 is 35.0 Å². The Hall–Kier alpha value is -2.97. The van der Waals surface area contributed by atoms with E-state index in [1.54, 1.807) is 24.0 Å². The number of ether oxygens (including phenoxy) is 2. The molecule has 8 nitrogen and oxygen atoms in total. The average Bonchev–Trinajstić information content (AvgIpc) is 3.06. The fourth-order valence-corrected chi connectivity index (χ4v) is 5.83. The van der Waals surface area contributed by atoms with Crippen LogP contribution in [0.2, 0.25) is 0 Å². The van der Waals surface area contributed by atoms with Crippen molar-refractivity contribution >= 4 is 17.8 Å². The quantitative estimate of drug-likeness (QED) is 0.530. The van der Waals surface area contributed by atoms with Crippen LogP contribution in [0.5, 0.6) is 0 Å². The molecule has 4 aliphatic rings. The fraction of sp³-hybridized carbons (Fsp3) is 0.480. The number of carbonyl (C=O) groups excluding carboxylic acids is 3. The minimum absolute atomic E-state index is 0.112. The van der Waals surface area contributed by atoms with Gasteiger partial charge in [0.15, 0.2) is 0 Å². The number of aliphatic hydroxyl groups excluding tert-OH is 1. The van der Waals surface area contributed by atoms with Crippen molar-refractivity contribution in [3.05, 3.63) is 60.2 Å². The Labute approximate surface area is 192 Å². The molecule has 5 atom stereocenters. The lowest BCUT2D eigenvalue weighted by atomic mass is 9.75. The molecule has 8 heteroatoms. The number of likely N-dealkylation sites (tertiary alicyclic amines) is 1. The molecular weight excluding hydrogens is 424 g/mol. The van der Waals surface area contributed by atoms with E-state index in [-0.39, 0.29) is 31.6 Å². The number of amides is 2. The molecule has 0 bridgehead atoms. The van der Waals surface area contributed by atoms with Gasteiger partial charge in [0.05, 0.1) is 11.5 Å². The normalized spacial score (nSPS) is 35.1. The van der Waals surface area contributed by atoms with E-state index in [2.05, 4.69) is 0 Å². The SMILES string of the molecule is C[C@]12C=CCOC(=O)[C@H]1[C@H]1C(=O)N(CCCO)C3C(=O)N(Cc4ccccc4)CC=C[C@@]31O2. The monoisotopic (exact) mass is 452 g/mol. The molecule has 0 aromatic heterocycles. The van der Waals surface area contributed by atoms with Gasteiger partial charge in [-0.25, -0.2) is 0 Å². The maximum absolute atomic E-state index is 14.0. The van der Waals surface area contributed by atoms with E-state index in [0.717, 1.165) is 5.56 Å². The van der Waals surface area contributed by atoms with Crippen molar-refractivity contribution in [1.29, 1.82) is 0 Å². The van der Waals surface area contributed by atoms with Crippen LogP contribution in [-0.2, 0) is 30.4 Å². The van der Waals surface area contributed by atoms with Crippen LogP contribution in [0.3, 0.4) is 0 Å². The predicted octanol–water partition coefficient (Wildman–Crippen LogP) is 1.05. The molecule has 2 saturated heterocycles. The van der Waals surface area contributed by atoms with Crippen LogP contribution < -0.4 is 0 Å². The molecule has 2 fully saturated rings. The molecular formula is C25H28N2O6. The second kappa shape index (κ2) is 8.11. The first kappa shape index (κ1) is 21.9. The largest absolute Gasteiger partial charge is 0.461 e. The number of esters is 1. The number of cyclic esters (lactones) is 1. The molecule has 1 spiro atoms. The van der Waals surface area contributed by atoms with Gasteiger partial charge in [-0.1, -0.05) is 48.6 Å². The summed E-state index contributed by atoms with van der Waals surface area (Å²) in [5.41, 5.74) is -1.36. The molecule has 2 amide bonds. The summed E-state index contributed by atoms with van der Waals surface area (Å²) in [6.07, 6.45) is 7.50. The summed E-state index contributed by atoms with van der Waals surface area (Å²) in [6, 6.07) is 8.75. The minimum Gasteiger partial charge on any atom is -0.461 e. The highest BCUT2D eigenvalue weighted by molar-refractivity contribution is 5.99. The Bertz CT molecular complexity index is 1020. The maximum Gasteiger partial charge on any atom is 0.313 e. The first-order valence-electron chi connectivity index (χ1n) is 11.4. The van der Waals surface area contributed by atoms with E-state index in [1.807, 2.05) is 42.5 Å². The minimum atomic E-state index is -1.28. The number of hydrogen-bond donors (Lipinski definition) is 1. The molecule has 0 radical (unpaired) electrons. The Morgan fingerprint density at radius 1 is 1.06 bits per heavy atom. The first-order valence-corrected chi connectivity index (χ1v) is 11.4. The first-order chi connectivity index (χ1) is 15.9. The molecule has 1 N–H and O–H groups in total. The molecule has 4 heterocycles. The van der Waals surface area contributed by atoms with Crippen molar-refractivity contribution in [3.8, 4) is 0 Å². The third kappa shape index (κ3) is 3.31. The van der Waals surface area contributed by atoms with Gasteiger partial charge in [-0.05, 0) is 25.0 Å². The van der Waals surface area contributed by atoms with Gasteiger partial charge in [-0.2, -0.15) is 0 Å². The van der Waals surface area contributed by atoms with Gasteiger partial charge in [0, 0.05) is 26.2 Å². The second-order valence-corrected chi connectivity index (χ2v) is 9.25. The van der Waals surface area contributed by atoms with Gasteiger partial charge in [-0.3, -0.25) is 14.4 Å². The molecule has 33 heavy (non-hydrogen) atoms. The van der Waals surface area contributed by atoms with Gasteiger partial charge in [-0.15, -0.1) is 0 Å². The molecule has 174 valence electrons. The van der Waals surface area contributed by atoms with Crippen molar-refractivity contribution < 1.29 is 29.0 Å². The maximum atomic E-state index is 14.0. The third-order valence-electron chi connectivity index (χ3n) is 7.17. The number of aliphatic hydroxyl groups is 1. The van der Waals surface area contributed by atoms with Crippen molar-refractivity contribution in [3.63, 3.8) is 0 Å². The Kier molecular flexibility index (Phi) is 5.37. The van der Waals surface area contributed by atoms with E-state index in [1.165, 1.54) is 4.90 Å². The zero-order chi connectivity index (χ0) is 23.2. The third-order valence-corrected chi connectivity index (χ3v) is 7.17. The summed E-state index contributed by atoms with van der Waals surface area (Å²) in [6.45, 7) is 2.76. The summed E-state index contributed by atoms with van der Waals surface area (Å²) in [5.74, 6) is -2.77. The van der Waals surface area contributed by atoms with Gasteiger partial charge in [0.1, 0.15) is 24.2 Å². The Morgan fingerprint density at radius 2 is 1.85 bits per heavy atom. The lowest BCUT2D eigenvalue weighted by molar-refractivity contribution is -0.158. The van der Waals surface area contributed by atoms with Crippen LogP contribution in [0.25, 0.3) is 0 Å². The van der Waals surface area contributed by atoms with Crippen LogP contribution in [0.15, 0.2) is 54.6 Å². The van der Waals surface area contributed by atoms with Gasteiger partial charge in [0.25, 0.3) is 0 Å². The summed E-state index contributed by atoms with van der Waals surface area (Å²) in [4.78, 5) is 43.9. The fourth-order valence-electron chi connectivity index (χ4n) is 5.83. The second-order valence-electron chi connectivity index (χ2n) is 9.25. The van der Waals surface area contributed by atoms with E-state index in [4.69, 9.17) is 9.47 Å². The number of rotatable bonds is 5. The number of carbonyl (C=O) groups is 3. The topological polar surface area (TPSA) is 96.4 Å². The summed E-state index contributed by atoms with van der Waals surface area (Å²) >= 11 is 0. The van der Waals surface area contributed by atoms with Crippen molar-refractivity contribution in [2.45, 2.75) is 37.1 Å². The van der Waals surface area contributed by atoms with Crippen molar-refractivity contribution in [2.24, 2.45) is 11.8 Å². The molecule has 0 saturated carbocycles. The van der Waals surface area contributed by atoms with Crippen molar-refractivity contribution in [2.75, 3.05) is 26.3 Å². The molecule has 1 aromatic carbocycles. The zero-order valence-corrected chi connectivity index (χ0v) is 18.6. The van der Waals surface area contributed by atoms with Crippen LogP contribution in [0.4, 0.5) is 0 Å². The summed E-state index contributed by atoms with van der Waals surface area (Å²) < 4.78 is 12.0. The Balaban J connectivity index is 1.58. The van der Waals surface area contributed by atoms with Crippen LogP contribution in [-0.4, -0.2) is 76.2 Å². The predicted molar refractivity (Wildman–Crippen MR) is 118 cm³/mol.